The molecule has 0 amide bonds. The van der Waals surface area contributed by atoms with Gasteiger partial charge in [0.15, 0.2) is 0 Å². The standard InChI is InChI=1S/C12H9Cl2N5.HI/c13-8-3-1-7(2-4-8)10-11(18-19-17-10)9-5-6-15-12(14)16-9;/h1-6,18H,19H2;1H/p-1. The Labute approximate surface area is 142 Å². The fourth-order valence-corrected chi connectivity index (χ4v) is 2.06. The third kappa shape index (κ3) is 3.14. The van der Waals surface area contributed by atoms with Gasteiger partial charge in [-0.15, -0.1) is 0 Å². The molecule has 1 aliphatic rings. The van der Waals surface area contributed by atoms with Gasteiger partial charge in [-0.05, 0) is 35.4 Å². The van der Waals surface area contributed by atoms with Crippen molar-refractivity contribution in [2.45, 2.75) is 0 Å². The van der Waals surface area contributed by atoms with E-state index >= 15 is 0 Å². The zero-order chi connectivity index (χ0) is 13.2. The summed E-state index contributed by atoms with van der Waals surface area (Å²) < 4.78 is 0. The van der Waals surface area contributed by atoms with Gasteiger partial charge in [-0.25, -0.2) is 15.4 Å². The Morgan fingerprint density at radius 1 is 1.10 bits per heavy atom. The Morgan fingerprint density at radius 2 is 1.85 bits per heavy atom. The number of nitrogens with zero attached hydrogens (tertiary/aromatic N) is 3. The van der Waals surface area contributed by atoms with Gasteiger partial charge < -0.3 is 29.4 Å². The minimum Gasteiger partial charge on any atom is -1.00 e. The maximum absolute atomic E-state index is 5.88. The van der Waals surface area contributed by atoms with Crippen LogP contribution >= 0.6 is 23.2 Å². The molecule has 8 heteroatoms. The van der Waals surface area contributed by atoms with Crippen LogP contribution in [0.25, 0.3) is 16.8 Å². The molecule has 0 bridgehead atoms. The SMILES string of the molecule is Clc1ccc(C2=C(c3ccnc(Cl)n3)N[NH2+][N-]2)cc1.[I-]. The van der Waals surface area contributed by atoms with Gasteiger partial charge >= 0.3 is 0 Å². The maximum atomic E-state index is 5.88. The Bertz CT molecular complexity index is 645. The Hall–Kier alpha value is -1.09. The van der Waals surface area contributed by atoms with Crippen molar-refractivity contribution in [3.63, 3.8) is 0 Å². The summed E-state index contributed by atoms with van der Waals surface area (Å²) in [5.41, 5.74) is 12.3. The fraction of sp³-hybridized carbons (Fsp3) is 0. The first-order chi connectivity index (χ1) is 9.24. The second-order valence-electron chi connectivity index (χ2n) is 3.84. The van der Waals surface area contributed by atoms with Crippen molar-refractivity contribution in [3.05, 3.63) is 63.5 Å². The zero-order valence-electron chi connectivity index (χ0n) is 10.0. The van der Waals surface area contributed by atoms with Crippen LogP contribution in [0.15, 0.2) is 36.5 Å². The molecule has 0 unspecified atom stereocenters. The Balaban J connectivity index is 0.00000147. The molecule has 20 heavy (non-hydrogen) atoms. The van der Waals surface area contributed by atoms with Crippen LogP contribution in [-0.2, 0) is 0 Å². The van der Waals surface area contributed by atoms with Crippen molar-refractivity contribution in [1.29, 1.82) is 0 Å². The lowest BCUT2D eigenvalue weighted by Crippen LogP contribution is -3.00. The number of aromatic nitrogens is 2. The molecule has 1 aliphatic heterocycles. The van der Waals surface area contributed by atoms with Gasteiger partial charge in [-0.1, -0.05) is 29.4 Å². The minimum absolute atomic E-state index is 0. The topological polar surface area (TPSA) is 68.5 Å². The number of halogens is 3. The molecule has 0 radical (unpaired) electrons. The highest BCUT2D eigenvalue weighted by atomic mass is 127. The first kappa shape index (κ1) is 15.3. The van der Waals surface area contributed by atoms with Crippen LogP contribution < -0.4 is 34.9 Å². The van der Waals surface area contributed by atoms with Crippen LogP contribution in [-0.4, -0.2) is 9.97 Å². The molecule has 3 rings (SSSR count). The van der Waals surface area contributed by atoms with Crippen LogP contribution in [0.1, 0.15) is 11.3 Å². The molecule has 0 atom stereocenters. The molecule has 0 saturated heterocycles. The molecule has 5 nitrogen and oxygen atoms in total. The summed E-state index contributed by atoms with van der Waals surface area (Å²) in [6, 6.07) is 9.24. The highest BCUT2D eigenvalue weighted by Gasteiger charge is 2.14. The summed E-state index contributed by atoms with van der Waals surface area (Å²) in [5.74, 6) is 0. The maximum Gasteiger partial charge on any atom is 0.222 e. The van der Waals surface area contributed by atoms with E-state index in [4.69, 9.17) is 23.2 Å². The smallest absolute Gasteiger partial charge is 0.222 e. The molecule has 0 fully saturated rings. The first-order valence-corrected chi connectivity index (χ1v) is 6.28. The van der Waals surface area contributed by atoms with Crippen LogP contribution in [0, 0.1) is 0 Å². The van der Waals surface area contributed by atoms with Gasteiger partial charge in [0.05, 0.1) is 11.4 Å². The van der Waals surface area contributed by atoms with E-state index in [1.54, 1.807) is 17.8 Å². The zero-order valence-corrected chi connectivity index (χ0v) is 13.7. The minimum atomic E-state index is 0. The number of nitrogens with two attached hydrogens (primary N) is 1. The lowest BCUT2D eigenvalue weighted by Gasteiger charge is -2.12. The summed E-state index contributed by atoms with van der Waals surface area (Å²) in [6.45, 7) is 0. The number of benzene rings is 1. The predicted molar refractivity (Wildman–Crippen MR) is 73.7 cm³/mol. The van der Waals surface area contributed by atoms with Gasteiger partial charge in [0.25, 0.3) is 0 Å². The number of hydrogen-bond acceptors (Lipinski definition) is 3. The van der Waals surface area contributed by atoms with Crippen molar-refractivity contribution in [1.82, 2.24) is 15.4 Å². The second-order valence-corrected chi connectivity index (χ2v) is 4.62. The van der Waals surface area contributed by atoms with Crippen LogP contribution in [0.2, 0.25) is 10.3 Å². The monoisotopic (exact) mass is 420 g/mol. The lowest BCUT2D eigenvalue weighted by molar-refractivity contribution is -0.642. The van der Waals surface area contributed by atoms with Gasteiger partial charge in [0.2, 0.25) is 5.28 Å². The van der Waals surface area contributed by atoms with E-state index < -0.39 is 0 Å². The number of hydrogen-bond donors (Lipinski definition) is 2. The average Bonchev–Trinajstić information content (AvgIpc) is 2.89. The molecule has 1 aromatic heterocycles. The lowest BCUT2D eigenvalue weighted by atomic mass is 10.1. The van der Waals surface area contributed by atoms with Crippen molar-refractivity contribution >= 4 is 34.6 Å². The molecule has 2 aromatic rings. The van der Waals surface area contributed by atoms with Gasteiger partial charge in [-0.2, -0.15) is 0 Å². The van der Waals surface area contributed by atoms with E-state index in [0.29, 0.717) is 10.7 Å². The number of quaternary nitrogens is 1. The normalized spacial score (nSPS) is 13.5. The highest BCUT2D eigenvalue weighted by molar-refractivity contribution is 6.30. The van der Waals surface area contributed by atoms with Gasteiger partial charge in [0, 0.05) is 11.2 Å². The summed E-state index contributed by atoms with van der Waals surface area (Å²) in [4.78, 5) is 8.04. The Morgan fingerprint density at radius 3 is 2.55 bits per heavy atom. The summed E-state index contributed by atoms with van der Waals surface area (Å²) in [7, 11) is 0. The quantitative estimate of drug-likeness (QED) is 0.371. The molecule has 3 N–H and O–H groups in total. The summed E-state index contributed by atoms with van der Waals surface area (Å²) in [5, 5.41) is 0.889. The van der Waals surface area contributed by atoms with E-state index in [9.17, 15) is 0 Å². The third-order valence-electron chi connectivity index (χ3n) is 2.64. The molecule has 0 spiro atoms. The van der Waals surface area contributed by atoms with Crippen molar-refractivity contribution in [2.24, 2.45) is 0 Å². The predicted octanol–water partition coefficient (Wildman–Crippen LogP) is -1.02. The molecule has 104 valence electrons. The van der Waals surface area contributed by atoms with Crippen LogP contribution in [0.3, 0.4) is 0 Å². The van der Waals surface area contributed by atoms with E-state index in [1.165, 1.54) is 0 Å². The van der Waals surface area contributed by atoms with Gasteiger partial charge in [0.1, 0.15) is 0 Å². The van der Waals surface area contributed by atoms with E-state index in [-0.39, 0.29) is 29.3 Å². The summed E-state index contributed by atoms with van der Waals surface area (Å²) in [6.07, 6.45) is 1.61. The highest BCUT2D eigenvalue weighted by Crippen LogP contribution is 2.28. The molecular formula is C12H9Cl2IN5-. The molecule has 2 heterocycles. The molecule has 1 aromatic carbocycles. The fourth-order valence-electron chi connectivity index (χ4n) is 1.79. The second kappa shape index (κ2) is 6.57. The number of rotatable bonds is 2. The van der Waals surface area contributed by atoms with Crippen LogP contribution in [0.5, 0.6) is 0 Å². The average molecular weight is 421 g/mol. The Kier molecular flexibility index (Phi) is 5.03. The number of nitrogens with one attached hydrogen (secondary N) is 1. The van der Waals surface area contributed by atoms with Crippen molar-refractivity contribution in [3.8, 4) is 0 Å². The van der Waals surface area contributed by atoms with Crippen molar-refractivity contribution in [2.75, 3.05) is 0 Å². The van der Waals surface area contributed by atoms with Gasteiger partial charge in [-0.3, -0.25) is 5.53 Å². The summed E-state index contributed by atoms with van der Waals surface area (Å²) >= 11 is 11.7. The molecule has 0 aliphatic carbocycles. The third-order valence-corrected chi connectivity index (χ3v) is 3.07. The molecular weight excluding hydrogens is 412 g/mol. The van der Waals surface area contributed by atoms with E-state index in [0.717, 1.165) is 17.0 Å². The van der Waals surface area contributed by atoms with Crippen molar-refractivity contribution < 1.29 is 29.5 Å². The van der Waals surface area contributed by atoms with Crippen LogP contribution in [0.4, 0.5) is 0 Å². The van der Waals surface area contributed by atoms with E-state index in [1.807, 2.05) is 24.3 Å². The first-order valence-electron chi connectivity index (χ1n) is 5.52. The molecule has 0 saturated carbocycles. The largest absolute Gasteiger partial charge is 1.00 e. The van der Waals surface area contributed by atoms with E-state index in [2.05, 4.69) is 20.8 Å².